The predicted molar refractivity (Wildman–Crippen MR) is 133 cm³/mol. The van der Waals surface area contributed by atoms with Crippen LogP contribution < -0.4 is 0 Å². The molecule has 0 aliphatic heterocycles. The van der Waals surface area contributed by atoms with Crippen LogP contribution in [0.4, 0.5) is 0 Å². The van der Waals surface area contributed by atoms with Gasteiger partial charge in [0.25, 0.3) is 0 Å². The van der Waals surface area contributed by atoms with Crippen molar-refractivity contribution < 1.29 is 19.1 Å². The van der Waals surface area contributed by atoms with Gasteiger partial charge in [-0.05, 0) is 68.8 Å². The Morgan fingerprint density at radius 1 is 1.12 bits per heavy atom. The Morgan fingerprint density at radius 2 is 1.70 bits per heavy atom. The molecular formula is C28H45NO4. The van der Waals surface area contributed by atoms with Gasteiger partial charge in [-0.15, -0.1) is 0 Å². The molecule has 5 heteroatoms. The first-order valence-corrected chi connectivity index (χ1v) is 12.9. The molecule has 2 atom stereocenters. The van der Waals surface area contributed by atoms with E-state index in [0.29, 0.717) is 35.5 Å². The number of nitrogens with one attached hydrogen (secondary N) is 1. The SMILES string of the molecule is C=C(C)C(=O)OCC1CC(CCCC)C(OC(=O)c2c(C(C)C)c[nH]c2C)C(CCCC)C1. The second-order valence-electron chi connectivity index (χ2n) is 10.3. The van der Waals surface area contributed by atoms with Gasteiger partial charge in [0.05, 0.1) is 12.2 Å². The number of aryl methyl sites for hydroxylation is 1. The molecule has 0 saturated heterocycles. The highest BCUT2D eigenvalue weighted by Gasteiger charge is 2.40. The summed E-state index contributed by atoms with van der Waals surface area (Å²) in [6, 6.07) is 0. The molecule has 1 fully saturated rings. The molecule has 0 radical (unpaired) electrons. The van der Waals surface area contributed by atoms with Crippen LogP contribution in [-0.2, 0) is 14.3 Å². The van der Waals surface area contributed by atoms with Crippen molar-refractivity contribution in [2.45, 2.75) is 105 Å². The van der Waals surface area contributed by atoms with E-state index < -0.39 is 0 Å². The first-order valence-electron chi connectivity index (χ1n) is 12.9. The molecule has 2 rings (SSSR count). The summed E-state index contributed by atoms with van der Waals surface area (Å²) in [5, 5.41) is 0. The number of H-pyrrole nitrogens is 1. The number of carbonyl (C=O) groups is 2. The maximum Gasteiger partial charge on any atom is 0.340 e. The fraction of sp³-hybridized carbons (Fsp3) is 0.714. The quantitative estimate of drug-likeness (QED) is 0.267. The lowest BCUT2D eigenvalue weighted by atomic mass is 9.70. The van der Waals surface area contributed by atoms with Crippen molar-refractivity contribution in [1.29, 1.82) is 0 Å². The highest BCUT2D eigenvalue weighted by atomic mass is 16.5. The average Bonchev–Trinajstić information content (AvgIpc) is 3.17. The molecule has 0 spiro atoms. The molecule has 0 amide bonds. The lowest BCUT2D eigenvalue weighted by Crippen LogP contribution is -2.42. The molecular weight excluding hydrogens is 414 g/mol. The van der Waals surface area contributed by atoms with E-state index in [2.05, 4.69) is 39.3 Å². The van der Waals surface area contributed by atoms with Crippen molar-refractivity contribution in [3.63, 3.8) is 0 Å². The van der Waals surface area contributed by atoms with Gasteiger partial charge in [0.2, 0.25) is 0 Å². The highest BCUT2D eigenvalue weighted by molar-refractivity contribution is 5.92. The molecule has 2 unspecified atom stereocenters. The maximum absolute atomic E-state index is 13.4. The van der Waals surface area contributed by atoms with Gasteiger partial charge in [-0.2, -0.15) is 0 Å². The standard InChI is InChI=1S/C28H45NO4/c1-8-10-12-22-14-21(17-32-27(30)19(5)6)15-23(13-11-9-2)26(22)33-28(31)25-20(7)29-16-24(25)18(3)4/h16,18,21-23,26,29H,5,8-15,17H2,1-4,6-7H3. The molecule has 1 aromatic rings. The fourth-order valence-electron chi connectivity index (χ4n) is 5.20. The Labute approximate surface area is 200 Å². The fourth-order valence-corrected chi connectivity index (χ4v) is 5.20. The van der Waals surface area contributed by atoms with E-state index in [-0.39, 0.29) is 24.0 Å². The number of rotatable bonds is 12. The first kappa shape index (κ1) is 27.2. The van der Waals surface area contributed by atoms with Gasteiger partial charge in [-0.1, -0.05) is 60.0 Å². The summed E-state index contributed by atoms with van der Waals surface area (Å²) in [6.45, 7) is 16.3. The molecule has 1 aromatic heterocycles. The summed E-state index contributed by atoms with van der Waals surface area (Å²) in [7, 11) is 0. The van der Waals surface area contributed by atoms with Gasteiger partial charge in [0, 0.05) is 17.5 Å². The number of ether oxygens (including phenoxy) is 2. The maximum atomic E-state index is 13.4. The van der Waals surface area contributed by atoms with E-state index in [4.69, 9.17) is 9.47 Å². The molecule has 0 bridgehead atoms. The largest absolute Gasteiger partial charge is 0.462 e. The third kappa shape index (κ3) is 7.48. The van der Waals surface area contributed by atoms with Crippen molar-refractivity contribution in [2.24, 2.45) is 17.8 Å². The zero-order valence-electron chi connectivity index (χ0n) is 21.7. The topological polar surface area (TPSA) is 68.4 Å². The van der Waals surface area contributed by atoms with Gasteiger partial charge < -0.3 is 14.5 Å². The molecule has 1 aliphatic carbocycles. The molecule has 33 heavy (non-hydrogen) atoms. The molecule has 0 aromatic carbocycles. The van der Waals surface area contributed by atoms with Crippen LogP contribution in [0.2, 0.25) is 0 Å². The zero-order valence-corrected chi connectivity index (χ0v) is 21.7. The normalized spacial score (nSPS) is 22.9. The Morgan fingerprint density at radius 3 is 2.18 bits per heavy atom. The van der Waals surface area contributed by atoms with Crippen LogP contribution in [0.3, 0.4) is 0 Å². The Kier molecular flexibility index (Phi) is 10.7. The van der Waals surface area contributed by atoms with Crippen LogP contribution in [0.1, 0.15) is 114 Å². The molecule has 186 valence electrons. The number of aromatic amines is 1. The minimum absolute atomic E-state index is 0.0852. The third-order valence-corrected chi connectivity index (χ3v) is 7.03. The monoisotopic (exact) mass is 459 g/mol. The number of hydrogen-bond donors (Lipinski definition) is 1. The predicted octanol–water partition coefficient (Wildman–Crippen LogP) is 7.11. The van der Waals surface area contributed by atoms with Gasteiger partial charge in [-0.3, -0.25) is 0 Å². The van der Waals surface area contributed by atoms with Crippen molar-refractivity contribution >= 4 is 11.9 Å². The van der Waals surface area contributed by atoms with E-state index in [1.54, 1.807) is 6.92 Å². The lowest BCUT2D eigenvalue weighted by molar-refractivity contribution is -0.141. The van der Waals surface area contributed by atoms with Gasteiger partial charge in [-0.25, -0.2) is 9.59 Å². The Hall–Kier alpha value is -2.04. The van der Waals surface area contributed by atoms with E-state index in [0.717, 1.165) is 62.6 Å². The van der Waals surface area contributed by atoms with Crippen molar-refractivity contribution in [3.8, 4) is 0 Å². The van der Waals surface area contributed by atoms with Crippen molar-refractivity contribution in [3.05, 3.63) is 35.2 Å². The minimum Gasteiger partial charge on any atom is -0.462 e. The Balaban J connectivity index is 2.24. The smallest absolute Gasteiger partial charge is 0.340 e. The number of carbonyl (C=O) groups excluding carboxylic acids is 2. The Bertz CT molecular complexity index is 776. The summed E-state index contributed by atoms with van der Waals surface area (Å²) in [5.41, 5.74) is 3.03. The average molecular weight is 460 g/mol. The lowest BCUT2D eigenvalue weighted by Gasteiger charge is -2.41. The van der Waals surface area contributed by atoms with Crippen LogP contribution in [0.5, 0.6) is 0 Å². The van der Waals surface area contributed by atoms with Crippen molar-refractivity contribution in [2.75, 3.05) is 6.61 Å². The van der Waals surface area contributed by atoms with Crippen LogP contribution in [-0.4, -0.2) is 29.6 Å². The molecule has 1 N–H and O–H groups in total. The zero-order chi connectivity index (χ0) is 24.5. The summed E-state index contributed by atoms with van der Waals surface area (Å²) in [6.07, 6.45) is 10.2. The minimum atomic E-state index is -0.317. The van der Waals surface area contributed by atoms with Gasteiger partial charge >= 0.3 is 11.9 Å². The molecule has 1 heterocycles. The summed E-state index contributed by atoms with van der Waals surface area (Å²) in [4.78, 5) is 28.6. The van der Waals surface area contributed by atoms with Crippen LogP contribution in [0.25, 0.3) is 0 Å². The molecule has 1 saturated carbocycles. The van der Waals surface area contributed by atoms with E-state index in [1.165, 1.54) is 0 Å². The van der Waals surface area contributed by atoms with Crippen molar-refractivity contribution in [1.82, 2.24) is 4.98 Å². The van der Waals surface area contributed by atoms with E-state index in [9.17, 15) is 9.59 Å². The number of aromatic nitrogens is 1. The highest BCUT2D eigenvalue weighted by Crippen LogP contribution is 2.41. The summed E-state index contributed by atoms with van der Waals surface area (Å²) in [5.74, 6) is 0.621. The summed E-state index contributed by atoms with van der Waals surface area (Å²) >= 11 is 0. The van der Waals surface area contributed by atoms with Crippen LogP contribution >= 0.6 is 0 Å². The van der Waals surface area contributed by atoms with Crippen LogP contribution in [0, 0.1) is 24.7 Å². The number of hydrogen-bond acceptors (Lipinski definition) is 4. The number of esters is 2. The number of unbranched alkanes of at least 4 members (excludes halogenated alkanes) is 2. The van der Waals surface area contributed by atoms with Crippen LogP contribution in [0.15, 0.2) is 18.3 Å². The summed E-state index contributed by atoms with van der Waals surface area (Å²) < 4.78 is 11.9. The first-order chi connectivity index (χ1) is 15.7. The van der Waals surface area contributed by atoms with Gasteiger partial charge in [0.15, 0.2) is 0 Å². The van der Waals surface area contributed by atoms with Gasteiger partial charge in [0.1, 0.15) is 6.10 Å². The molecule has 5 nitrogen and oxygen atoms in total. The molecule has 1 aliphatic rings. The third-order valence-electron chi connectivity index (χ3n) is 7.03. The van der Waals surface area contributed by atoms with E-state index >= 15 is 0 Å². The van der Waals surface area contributed by atoms with E-state index in [1.807, 2.05) is 13.1 Å². The second kappa shape index (κ2) is 13.0. The second-order valence-corrected chi connectivity index (χ2v) is 10.3.